The van der Waals surface area contributed by atoms with Gasteiger partial charge in [0, 0.05) is 12.5 Å². The van der Waals surface area contributed by atoms with Gasteiger partial charge in [0.15, 0.2) is 0 Å². The van der Waals surface area contributed by atoms with Crippen LogP contribution in [0.1, 0.15) is 98.8 Å². The Hall–Kier alpha value is -2.63. The molecule has 0 aromatic heterocycles. The minimum Gasteiger partial charge on any atom is -0.444 e. The molecule has 4 amide bonds. The highest BCUT2D eigenvalue weighted by Crippen LogP contribution is 2.46. The van der Waals surface area contributed by atoms with Crippen molar-refractivity contribution in [1.82, 2.24) is 20.3 Å². The zero-order chi connectivity index (χ0) is 30.9. The highest BCUT2D eigenvalue weighted by atomic mass is 32.2. The zero-order valence-electron chi connectivity index (χ0n) is 25.6. The van der Waals surface area contributed by atoms with Gasteiger partial charge >= 0.3 is 6.09 Å². The van der Waals surface area contributed by atoms with Crippen molar-refractivity contribution in [3.63, 3.8) is 0 Å². The van der Waals surface area contributed by atoms with E-state index in [-0.39, 0.29) is 17.7 Å². The van der Waals surface area contributed by atoms with Gasteiger partial charge in [-0.15, -0.1) is 0 Å². The maximum atomic E-state index is 14.0. The average Bonchev–Trinajstić information content (AvgIpc) is 3.78. The van der Waals surface area contributed by atoms with E-state index in [2.05, 4.69) is 29.2 Å². The summed E-state index contributed by atoms with van der Waals surface area (Å²) in [6.07, 6.45) is 9.28. The normalized spacial score (nSPS) is 31.6. The molecule has 0 aromatic carbocycles. The standard InChI is InChI=1S/C30H48N4O7S/c1-19(2)15-20-16-24-25(35)32-30(27(37)33-42(39,40)22-13-14-22)17-21(30)11-9-7-6-8-10-12-23(26(36)34(24)18-20)31-28(38)41-29(3,4)5/h9,11,19-24H,6-8,10,12-18H2,1-5H3,(H,31,38)(H,32,35)(H,33,37)/b11-9-/t20-,21+,23+,24+,30-/m1/s1. The van der Waals surface area contributed by atoms with Crippen LogP contribution >= 0.6 is 0 Å². The number of allylic oxidation sites excluding steroid dienone is 1. The molecule has 42 heavy (non-hydrogen) atoms. The summed E-state index contributed by atoms with van der Waals surface area (Å²) in [6.45, 7) is 9.80. The van der Waals surface area contributed by atoms with Crippen molar-refractivity contribution in [3.8, 4) is 0 Å². The van der Waals surface area contributed by atoms with Crippen molar-refractivity contribution in [1.29, 1.82) is 0 Å². The molecule has 4 rings (SSSR count). The predicted octanol–water partition coefficient (Wildman–Crippen LogP) is 3.15. The molecule has 236 valence electrons. The molecule has 0 unspecified atom stereocenters. The number of amides is 4. The number of carbonyl (C=O) groups excluding carboxylic acids is 4. The van der Waals surface area contributed by atoms with Gasteiger partial charge in [0.25, 0.3) is 5.91 Å². The lowest BCUT2D eigenvalue weighted by Crippen LogP contribution is -2.58. The van der Waals surface area contributed by atoms with E-state index < -0.39 is 56.4 Å². The van der Waals surface area contributed by atoms with Gasteiger partial charge in [0.2, 0.25) is 21.8 Å². The molecule has 3 fully saturated rings. The number of ether oxygens (including phenoxy) is 1. The molecule has 0 spiro atoms. The first-order chi connectivity index (χ1) is 19.6. The molecule has 5 atom stereocenters. The van der Waals surface area contributed by atoms with Crippen molar-refractivity contribution in [2.45, 2.75) is 127 Å². The maximum absolute atomic E-state index is 14.0. The number of hydrogen-bond acceptors (Lipinski definition) is 7. The summed E-state index contributed by atoms with van der Waals surface area (Å²) < 4.78 is 32.9. The second-order valence-electron chi connectivity index (χ2n) is 13.9. The van der Waals surface area contributed by atoms with Crippen LogP contribution < -0.4 is 15.4 Å². The van der Waals surface area contributed by atoms with E-state index in [4.69, 9.17) is 4.74 Å². The van der Waals surface area contributed by atoms with Crippen molar-refractivity contribution < 1.29 is 32.3 Å². The van der Waals surface area contributed by atoms with E-state index in [1.807, 2.05) is 12.2 Å². The minimum absolute atomic E-state index is 0.0701. The topological polar surface area (TPSA) is 151 Å². The zero-order valence-corrected chi connectivity index (χ0v) is 26.4. The van der Waals surface area contributed by atoms with Crippen LogP contribution in [0.2, 0.25) is 0 Å². The van der Waals surface area contributed by atoms with Crippen molar-refractivity contribution >= 4 is 33.8 Å². The summed E-state index contributed by atoms with van der Waals surface area (Å²) in [5.41, 5.74) is -2.12. The van der Waals surface area contributed by atoms with Crippen LogP contribution in [-0.4, -0.2) is 72.2 Å². The van der Waals surface area contributed by atoms with Gasteiger partial charge in [-0.2, -0.15) is 0 Å². The molecule has 0 bridgehead atoms. The van der Waals surface area contributed by atoms with Gasteiger partial charge in [-0.25, -0.2) is 13.2 Å². The number of sulfonamides is 1. The quantitative estimate of drug-likeness (QED) is 0.392. The molecule has 12 heteroatoms. The number of alkyl carbamates (subject to hydrolysis) is 1. The molecule has 2 aliphatic carbocycles. The number of hydrogen-bond donors (Lipinski definition) is 3. The fraction of sp³-hybridized carbons (Fsp3) is 0.800. The number of fused-ring (bicyclic) bond motifs is 2. The molecule has 11 nitrogen and oxygen atoms in total. The molecular weight excluding hydrogens is 560 g/mol. The van der Waals surface area contributed by atoms with Gasteiger partial charge < -0.3 is 20.3 Å². The molecule has 0 radical (unpaired) electrons. The van der Waals surface area contributed by atoms with Crippen LogP contribution in [0.25, 0.3) is 0 Å². The van der Waals surface area contributed by atoms with Crippen LogP contribution in [0.5, 0.6) is 0 Å². The first-order valence-electron chi connectivity index (χ1n) is 15.5. The van der Waals surface area contributed by atoms with Gasteiger partial charge in [0.1, 0.15) is 23.2 Å². The minimum atomic E-state index is -3.80. The number of carbonyl (C=O) groups is 4. The lowest BCUT2D eigenvalue weighted by atomic mass is 9.94. The molecular formula is C30H48N4O7S. The first kappa shape index (κ1) is 32.3. The fourth-order valence-corrected chi connectivity index (χ4v) is 7.54. The number of rotatable bonds is 6. The second-order valence-corrected chi connectivity index (χ2v) is 15.9. The second kappa shape index (κ2) is 12.5. The van der Waals surface area contributed by atoms with Crippen LogP contribution in [0.15, 0.2) is 12.2 Å². The third-order valence-corrected chi connectivity index (χ3v) is 10.3. The summed E-state index contributed by atoms with van der Waals surface area (Å²) in [5.74, 6) is -1.45. The average molecular weight is 609 g/mol. The van der Waals surface area contributed by atoms with Crippen molar-refractivity contribution in [2.75, 3.05) is 6.54 Å². The molecule has 2 aliphatic heterocycles. The Bertz CT molecular complexity index is 1190. The molecule has 1 saturated heterocycles. The van der Waals surface area contributed by atoms with Gasteiger partial charge in [-0.1, -0.05) is 38.8 Å². The third kappa shape index (κ3) is 8.05. The van der Waals surface area contributed by atoms with E-state index in [0.29, 0.717) is 51.0 Å². The van der Waals surface area contributed by atoms with E-state index in [0.717, 1.165) is 25.7 Å². The molecule has 0 aromatic rings. The van der Waals surface area contributed by atoms with Gasteiger partial charge in [0.05, 0.1) is 5.25 Å². The monoisotopic (exact) mass is 608 g/mol. The highest BCUT2D eigenvalue weighted by molar-refractivity contribution is 7.91. The number of nitrogens with one attached hydrogen (secondary N) is 3. The van der Waals surface area contributed by atoms with Gasteiger partial charge in [-0.3, -0.25) is 19.1 Å². The van der Waals surface area contributed by atoms with Crippen LogP contribution in [0.4, 0.5) is 4.79 Å². The smallest absolute Gasteiger partial charge is 0.408 e. The Balaban J connectivity index is 1.61. The summed E-state index contributed by atoms with van der Waals surface area (Å²) in [6, 6.07) is -1.70. The van der Waals surface area contributed by atoms with Crippen molar-refractivity contribution in [3.05, 3.63) is 12.2 Å². The Morgan fingerprint density at radius 2 is 1.86 bits per heavy atom. The van der Waals surface area contributed by atoms with E-state index in [1.165, 1.54) is 0 Å². The Morgan fingerprint density at radius 3 is 2.50 bits per heavy atom. The largest absolute Gasteiger partial charge is 0.444 e. The van der Waals surface area contributed by atoms with E-state index >= 15 is 0 Å². The molecule has 3 N–H and O–H groups in total. The summed E-state index contributed by atoms with van der Waals surface area (Å²) in [7, 11) is -3.80. The SMILES string of the molecule is CC(C)C[C@@H]1C[C@H]2C(=O)N[C@]3(C(=O)NS(=O)(=O)C4CC4)C[C@@H]3/C=C\CCCCC[C@H](NC(=O)OC(C)(C)C)C(=O)N2C1. The Kier molecular flexibility index (Phi) is 9.64. The van der Waals surface area contributed by atoms with E-state index in [9.17, 15) is 27.6 Å². The molecule has 2 saturated carbocycles. The first-order valence-corrected chi connectivity index (χ1v) is 17.0. The maximum Gasteiger partial charge on any atom is 0.408 e. The highest BCUT2D eigenvalue weighted by Gasteiger charge is 2.62. The fourth-order valence-electron chi connectivity index (χ4n) is 6.17. The Labute approximate surface area is 250 Å². The summed E-state index contributed by atoms with van der Waals surface area (Å²) in [5, 5.41) is 5.08. The summed E-state index contributed by atoms with van der Waals surface area (Å²) in [4.78, 5) is 55.6. The van der Waals surface area contributed by atoms with Crippen molar-refractivity contribution in [2.24, 2.45) is 17.8 Å². The van der Waals surface area contributed by atoms with Crippen LogP contribution in [-0.2, 0) is 29.1 Å². The lowest BCUT2D eigenvalue weighted by molar-refractivity contribution is -0.141. The number of nitrogens with zero attached hydrogens (tertiary/aromatic N) is 1. The van der Waals surface area contributed by atoms with E-state index in [1.54, 1.807) is 25.7 Å². The Morgan fingerprint density at radius 1 is 1.14 bits per heavy atom. The molecule has 4 aliphatic rings. The van der Waals surface area contributed by atoms with Gasteiger partial charge in [-0.05, 0) is 84.0 Å². The summed E-state index contributed by atoms with van der Waals surface area (Å²) >= 11 is 0. The van der Waals surface area contributed by atoms with Crippen LogP contribution in [0, 0.1) is 17.8 Å². The van der Waals surface area contributed by atoms with Crippen LogP contribution in [0.3, 0.4) is 0 Å². The lowest BCUT2D eigenvalue weighted by Gasteiger charge is -2.30. The third-order valence-electron chi connectivity index (χ3n) is 8.46. The predicted molar refractivity (Wildman–Crippen MR) is 158 cm³/mol. The molecule has 2 heterocycles.